The normalized spacial score (nSPS) is 12.2. The molecule has 0 N–H and O–H groups in total. The molecule has 0 spiro atoms. The van der Waals surface area contributed by atoms with Crippen molar-refractivity contribution in [3.05, 3.63) is 47.5 Å². The molecule has 6 heteroatoms. The first-order chi connectivity index (χ1) is 9.63. The molecular weight excluding hydrogens is 276 g/mol. The van der Waals surface area contributed by atoms with E-state index in [-0.39, 0.29) is 11.9 Å². The van der Waals surface area contributed by atoms with E-state index in [0.29, 0.717) is 18.1 Å². The highest BCUT2D eigenvalue weighted by molar-refractivity contribution is 6.30. The van der Waals surface area contributed by atoms with Crippen molar-refractivity contribution < 1.29 is 4.79 Å². The number of hydrogen-bond donors (Lipinski definition) is 0. The number of carbonyl (C=O) groups is 1. The number of amides is 1. The Morgan fingerprint density at radius 3 is 2.85 bits per heavy atom. The average molecular weight is 293 g/mol. The molecule has 2 aromatic heterocycles. The summed E-state index contributed by atoms with van der Waals surface area (Å²) in [5.74, 6) is 0.0103. The fraction of sp³-hybridized carbons (Fsp3) is 0.357. The minimum absolute atomic E-state index is 0.0103. The van der Waals surface area contributed by atoms with Gasteiger partial charge >= 0.3 is 0 Å². The van der Waals surface area contributed by atoms with Crippen molar-refractivity contribution >= 4 is 17.5 Å². The summed E-state index contributed by atoms with van der Waals surface area (Å²) < 4.78 is 1.68. The fourth-order valence-electron chi connectivity index (χ4n) is 2.06. The first-order valence-corrected chi connectivity index (χ1v) is 6.84. The molecule has 0 saturated carbocycles. The van der Waals surface area contributed by atoms with Gasteiger partial charge < -0.3 is 4.90 Å². The zero-order valence-electron chi connectivity index (χ0n) is 11.5. The van der Waals surface area contributed by atoms with Gasteiger partial charge in [-0.1, -0.05) is 24.6 Å². The third kappa shape index (κ3) is 3.17. The standard InChI is InChI=1S/C14H17ClN4O/c1-3-12(19-9-5-8-17-19)14(20)18(2)10-11-6-4-7-16-13(11)15/h4-9,12H,3,10H2,1-2H3. The fourth-order valence-corrected chi connectivity index (χ4v) is 2.24. The molecule has 1 atom stereocenters. The quantitative estimate of drug-likeness (QED) is 0.796. The monoisotopic (exact) mass is 292 g/mol. The first kappa shape index (κ1) is 14.5. The van der Waals surface area contributed by atoms with Gasteiger partial charge in [-0.25, -0.2) is 4.98 Å². The smallest absolute Gasteiger partial charge is 0.247 e. The van der Waals surface area contributed by atoms with E-state index in [0.717, 1.165) is 5.56 Å². The average Bonchev–Trinajstić information content (AvgIpc) is 2.96. The molecule has 1 amide bonds. The zero-order valence-corrected chi connectivity index (χ0v) is 12.3. The molecule has 2 rings (SSSR count). The number of rotatable bonds is 5. The van der Waals surface area contributed by atoms with E-state index in [4.69, 9.17) is 11.6 Å². The molecule has 1 unspecified atom stereocenters. The summed E-state index contributed by atoms with van der Waals surface area (Å²) in [4.78, 5) is 18.2. The number of likely N-dealkylation sites (N-methyl/N-ethyl adjacent to an activating group) is 1. The van der Waals surface area contributed by atoms with E-state index >= 15 is 0 Å². The van der Waals surface area contributed by atoms with Gasteiger partial charge in [0.25, 0.3) is 0 Å². The predicted molar refractivity (Wildman–Crippen MR) is 77.3 cm³/mol. The first-order valence-electron chi connectivity index (χ1n) is 6.47. The van der Waals surface area contributed by atoms with Gasteiger partial charge in [-0.15, -0.1) is 0 Å². The molecule has 0 radical (unpaired) electrons. The molecular formula is C14H17ClN4O. The maximum atomic E-state index is 12.5. The van der Waals surface area contributed by atoms with Crippen molar-refractivity contribution in [3.63, 3.8) is 0 Å². The van der Waals surface area contributed by atoms with Gasteiger partial charge in [-0.05, 0) is 18.6 Å². The van der Waals surface area contributed by atoms with Crippen LogP contribution in [0.1, 0.15) is 24.9 Å². The molecule has 106 valence electrons. The van der Waals surface area contributed by atoms with Crippen LogP contribution in [0.4, 0.5) is 0 Å². The SMILES string of the molecule is CCC(C(=O)N(C)Cc1cccnc1Cl)n1cccn1. The summed E-state index contributed by atoms with van der Waals surface area (Å²) >= 11 is 6.02. The van der Waals surface area contributed by atoms with Crippen molar-refractivity contribution in [2.24, 2.45) is 0 Å². The molecule has 0 aliphatic heterocycles. The lowest BCUT2D eigenvalue weighted by atomic mass is 10.2. The van der Waals surface area contributed by atoms with Gasteiger partial charge in [-0.2, -0.15) is 5.10 Å². The lowest BCUT2D eigenvalue weighted by Crippen LogP contribution is -2.34. The second-order valence-electron chi connectivity index (χ2n) is 4.56. The van der Waals surface area contributed by atoms with E-state index < -0.39 is 0 Å². The number of hydrogen-bond acceptors (Lipinski definition) is 3. The second-order valence-corrected chi connectivity index (χ2v) is 4.92. The summed E-state index contributed by atoms with van der Waals surface area (Å²) in [6.07, 6.45) is 5.79. The zero-order chi connectivity index (χ0) is 14.5. The Bertz CT molecular complexity index is 570. The van der Waals surface area contributed by atoms with Crippen LogP contribution in [0.2, 0.25) is 5.15 Å². The summed E-state index contributed by atoms with van der Waals surface area (Å²) in [5.41, 5.74) is 0.834. The van der Waals surface area contributed by atoms with E-state index in [9.17, 15) is 4.79 Å². The molecule has 0 fully saturated rings. The molecule has 0 aromatic carbocycles. The Morgan fingerprint density at radius 1 is 1.45 bits per heavy atom. The second kappa shape index (κ2) is 6.52. The van der Waals surface area contributed by atoms with E-state index in [2.05, 4.69) is 10.1 Å². The highest BCUT2D eigenvalue weighted by Crippen LogP contribution is 2.17. The van der Waals surface area contributed by atoms with Gasteiger partial charge in [0.2, 0.25) is 5.91 Å². The molecule has 5 nitrogen and oxygen atoms in total. The van der Waals surface area contributed by atoms with Gasteiger partial charge in [0.1, 0.15) is 11.2 Å². The Hall–Kier alpha value is -1.88. The van der Waals surface area contributed by atoms with E-state index in [1.165, 1.54) is 0 Å². The maximum Gasteiger partial charge on any atom is 0.247 e. The third-order valence-electron chi connectivity index (χ3n) is 3.14. The van der Waals surface area contributed by atoms with Crippen LogP contribution in [0, 0.1) is 0 Å². The number of nitrogens with zero attached hydrogens (tertiary/aromatic N) is 4. The highest BCUT2D eigenvalue weighted by Gasteiger charge is 2.22. The van der Waals surface area contributed by atoms with E-state index in [1.54, 1.807) is 35.2 Å². The van der Waals surface area contributed by atoms with Crippen LogP contribution >= 0.6 is 11.6 Å². The highest BCUT2D eigenvalue weighted by atomic mass is 35.5. The van der Waals surface area contributed by atoms with Crippen LogP contribution in [0.5, 0.6) is 0 Å². The summed E-state index contributed by atoms with van der Waals surface area (Å²) in [7, 11) is 1.76. The lowest BCUT2D eigenvalue weighted by molar-refractivity contribution is -0.134. The Kier molecular flexibility index (Phi) is 4.74. The van der Waals surface area contributed by atoms with Gasteiger partial charge in [0.15, 0.2) is 0 Å². The molecule has 0 aliphatic rings. The van der Waals surface area contributed by atoms with Crippen molar-refractivity contribution in [1.82, 2.24) is 19.7 Å². The topological polar surface area (TPSA) is 51.0 Å². The van der Waals surface area contributed by atoms with Crippen molar-refractivity contribution in [3.8, 4) is 0 Å². The number of carbonyl (C=O) groups excluding carboxylic acids is 1. The van der Waals surface area contributed by atoms with Crippen molar-refractivity contribution in [1.29, 1.82) is 0 Å². The van der Waals surface area contributed by atoms with Gasteiger partial charge in [0.05, 0.1) is 0 Å². The van der Waals surface area contributed by atoms with Crippen LogP contribution in [-0.4, -0.2) is 32.6 Å². The Labute approximate surface area is 123 Å². The van der Waals surface area contributed by atoms with Crippen LogP contribution in [0.25, 0.3) is 0 Å². The van der Waals surface area contributed by atoms with Crippen LogP contribution < -0.4 is 0 Å². The molecule has 0 aliphatic carbocycles. The summed E-state index contributed by atoms with van der Waals surface area (Å²) in [6, 6.07) is 5.21. The molecule has 2 aromatic rings. The number of halogens is 1. The molecule has 2 heterocycles. The molecule has 0 bridgehead atoms. The van der Waals surface area contributed by atoms with Gasteiger partial charge in [0, 0.05) is 37.7 Å². The van der Waals surface area contributed by atoms with E-state index in [1.807, 2.05) is 25.1 Å². The molecule has 0 saturated heterocycles. The van der Waals surface area contributed by atoms with Crippen molar-refractivity contribution in [2.75, 3.05) is 7.05 Å². The Balaban J connectivity index is 2.10. The van der Waals surface area contributed by atoms with Crippen molar-refractivity contribution in [2.45, 2.75) is 25.9 Å². The third-order valence-corrected chi connectivity index (χ3v) is 3.48. The number of aromatic nitrogens is 3. The minimum Gasteiger partial charge on any atom is -0.339 e. The maximum absolute atomic E-state index is 12.5. The van der Waals surface area contributed by atoms with Crippen LogP contribution in [-0.2, 0) is 11.3 Å². The molecule has 20 heavy (non-hydrogen) atoms. The van der Waals surface area contributed by atoms with Gasteiger partial charge in [-0.3, -0.25) is 9.48 Å². The van der Waals surface area contributed by atoms with Crippen LogP contribution in [0.15, 0.2) is 36.8 Å². The lowest BCUT2D eigenvalue weighted by Gasteiger charge is -2.23. The predicted octanol–water partition coefficient (Wildman–Crippen LogP) is 2.54. The number of pyridine rings is 1. The summed E-state index contributed by atoms with van der Waals surface area (Å²) in [5, 5.41) is 4.58. The van der Waals surface area contributed by atoms with Crippen LogP contribution in [0.3, 0.4) is 0 Å². The largest absolute Gasteiger partial charge is 0.339 e. The summed E-state index contributed by atoms with van der Waals surface area (Å²) in [6.45, 7) is 2.40. The Morgan fingerprint density at radius 2 is 2.25 bits per heavy atom. The minimum atomic E-state index is -0.287.